The van der Waals surface area contributed by atoms with Crippen molar-refractivity contribution in [2.75, 3.05) is 0 Å². The van der Waals surface area contributed by atoms with Crippen LogP contribution in [-0.4, -0.2) is 24.7 Å². The van der Waals surface area contributed by atoms with Crippen molar-refractivity contribution in [3.63, 3.8) is 0 Å². The van der Waals surface area contributed by atoms with Crippen molar-refractivity contribution < 1.29 is 18.3 Å². The van der Waals surface area contributed by atoms with Gasteiger partial charge in [0.15, 0.2) is 9.84 Å². The zero-order valence-corrected chi connectivity index (χ0v) is 11.5. The van der Waals surface area contributed by atoms with Gasteiger partial charge < -0.3 is 5.11 Å². The maximum atomic E-state index is 12.6. The Morgan fingerprint density at radius 2 is 1.63 bits per heavy atom. The molecule has 1 aromatic rings. The van der Waals surface area contributed by atoms with E-state index in [0.717, 1.165) is 25.7 Å². The maximum Gasteiger partial charge on any atom is 0.337 e. The molecule has 0 heterocycles. The quantitative estimate of drug-likeness (QED) is 0.865. The predicted octanol–water partition coefficient (Wildman–Crippen LogP) is 2.88. The van der Waals surface area contributed by atoms with E-state index in [-0.39, 0.29) is 10.5 Å². The second-order valence-corrected chi connectivity index (χ2v) is 7.16. The van der Waals surface area contributed by atoms with Crippen LogP contribution < -0.4 is 0 Å². The largest absolute Gasteiger partial charge is 0.478 e. The van der Waals surface area contributed by atoms with Gasteiger partial charge in [-0.3, -0.25) is 0 Å². The molecule has 1 saturated carbocycles. The lowest BCUT2D eigenvalue weighted by atomic mass is 10.2. The molecule has 1 aliphatic carbocycles. The zero-order valence-electron chi connectivity index (χ0n) is 10.7. The molecule has 0 unspecified atom stereocenters. The first kappa shape index (κ1) is 14.1. The standard InChI is InChI=1S/C14H18O4S/c15-14(16)12-9-5-6-10-13(12)19(17,18)11-7-3-1-2-4-8-11/h5-6,9-11H,1-4,7-8H2,(H,15,16). The van der Waals surface area contributed by atoms with Crippen molar-refractivity contribution in [3.05, 3.63) is 29.8 Å². The molecule has 1 fully saturated rings. The van der Waals surface area contributed by atoms with Crippen LogP contribution in [0.2, 0.25) is 0 Å². The summed E-state index contributed by atoms with van der Waals surface area (Å²) < 4.78 is 25.2. The number of benzene rings is 1. The lowest BCUT2D eigenvalue weighted by Gasteiger charge is -2.16. The third kappa shape index (κ3) is 2.97. The van der Waals surface area contributed by atoms with Gasteiger partial charge in [0.05, 0.1) is 15.7 Å². The van der Waals surface area contributed by atoms with E-state index in [0.29, 0.717) is 12.8 Å². The van der Waals surface area contributed by atoms with E-state index in [1.165, 1.54) is 12.1 Å². The highest BCUT2D eigenvalue weighted by Crippen LogP contribution is 2.29. The van der Waals surface area contributed by atoms with E-state index in [9.17, 15) is 13.2 Å². The molecule has 0 amide bonds. The fourth-order valence-corrected chi connectivity index (χ4v) is 4.67. The number of rotatable bonds is 3. The molecule has 0 aliphatic heterocycles. The summed E-state index contributed by atoms with van der Waals surface area (Å²) in [7, 11) is -3.54. The molecule has 4 nitrogen and oxygen atoms in total. The molecule has 2 rings (SSSR count). The van der Waals surface area contributed by atoms with Gasteiger partial charge in [-0.05, 0) is 25.0 Å². The molecular formula is C14H18O4S. The number of aromatic carboxylic acids is 1. The summed E-state index contributed by atoms with van der Waals surface area (Å²) >= 11 is 0. The second-order valence-electron chi connectivity index (χ2n) is 4.96. The van der Waals surface area contributed by atoms with E-state index >= 15 is 0 Å². The van der Waals surface area contributed by atoms with Crippen molar-refractivity contribution in [3.8, 4) is 0 Å². The molecule has 5 heteroatoms. The van der Waals surface area contributed by atoms with E-state index in [1.54, 1.807) is 12.1 Å². The van der Waals surface area contributed by atoms with Crippen molar-refractivity contribution in [1.29, 1.82) is 0 Å². The van der Waals surface area contributed by atoms with Crippen molar-refractivity contribution in [1.82, 2.24) is 0 Å². The van der Waals surface area contributed by atoms with E-state index in [1.807, 2.05) is 0 Å². The van der Waals surface area contributed by atoms with Gasteiger partial charge in [-0.1, -0.05) is 37.8 Å². The van der Waals surface area contributed by atoms with Crippen molar-refractivity contribution in [2.24, 2.45) is 0 Å². The summed E-state index contributed by atoms with van der Waals surface area (Å²) in [6.45, 7) is 0. The van der Waals surface area contributed by atoms with Crippen LogP contribution in [0.4, 0.5) is 0 Å². The smallest absolute Gasteiger partial charge is 0.337 e. The Kier molecular flexibility index (Phi) is 4.24. The highest BCUT2D eigenvalue weighted by molar-refractivity contribution is 7.92. The summed E-state index contributed by atoms with van der Waals surface area (Å²) in [6.07, 6.45) is 5.20. The van der Waals surface area contributed by atoms with Crippen LogP contribution in [0.15, 0.2) is 29.2 Å². The Hall–Kier alpha value is -1.36. The first-order valence-corrected chi connectivity index (χ1v) is 8.14. The number of carboxylic acids is 1. The minimum absolute atomic E-state index is 0.0330. The SMILES string of the molecule is O=C(O)c1ccccc1S(=O)(=O)C1CCCCCC1. The fourth-order valence-electron chi connectivity index (χ4n) is 2.62. The maximum absolute atomic E-state index is 12.6. The van der Waals surface area contributed by atoms with Crippen LogP contribution in [0.3, 0.4) is 0 Å². The summed E-state index contributed by atoms with van der Waals surface area (Å²) in [5.41, 5.74) is -0.119. The van der Waals surface area contributed by atoms with Crippen LogP contribution in [0.5, 0.6) is 0 Å². The zero-order chi connectivity index (χ0) is 13.9. The molecule has 1 N–H and O–H groups in total. The van der Waals surface area contributed by atoms with Crippen LogP contribution >= 0.6 is 0 Å². The summed E-state index contributed by atoms with van der Waals surface area (Å²) in [4.78, 5) is 11.1. The summed E-state index contributed by atoms with van der Waals surface area (Å²) in [6, 6.07) is 5.89. The fraction of sp³-hybridized carbons (Fsp3) is 0.500. The number of sulfone groups is 1. The van der Waals surface area contributed by atoms with Gasteiger partial charge in [-0.15, -0.1) is 0 Å². The minimum atomic E-state index is -3.54. The molecular weight excluding hydrogens is 264 g/mol. The monoisotopic (exact) mass is 282 g/mol. The topological polar surface area (TPSA) is 71.4 Å². The lowest BCUT2D eigenvalue weighted by molar-refractivity contribution is 0.0692. The second kappa shape index (κ2) is 5.74. The Balaban J connectivity index is 2.41. The molecule has 0 radical (unpaired) electrons. The van der Waals surface area contributed by atoms with Gasteiger partial charge in [-0.25, -0.2) is 13.2 Å². The Morgan fingerprint density at radius 3 is 2.21 bits per heavy atom. The molecule has 0 spiro atoms. The van der Waals surface area contributed by atoms with Crippen LogP contribution in [-0.2, 0) is 9.84 Å². The normalized spacial score (nSPS) is 17.9. The molecule has 104 valence electrons. The van der Waals surface area contributed by atoms with Gasteiger partial charge in [-0.2, -0.15) is 0 Å². The van der Waals surface area contributed by atoms with Crippen LogP contribution in [0.1, 0.15) is 48.9 Å². The molecule has 1 aromatic carbocycles. The van der Waals surface area contributed by atoms with Crippen LogP contribution in [0.25, 0.3) is 0 Å². The molecule has 0 atom stereocenters. The molecule has 0 bridgehead atoms. The van der Waals surface area contributed by atoms with Crippen molar-refractivity contribution in [2.45, 2.75) is 48.7 Å². The average molecular weight is 282 g/mol. The lowest BCUT2D eigenvalue weighted by Crippen LogP contribution is -2.23. The minimum Gasteiger partial charge on any atom is -0.478 e. The highest BCUT2D eigenvalue weighted by Gasteiger charge is 2.31. The Bertz CT molecular complexity index is 555. The first-order valence-electron chi connectivity index (χ1n) is 6.59. The first-order chi connectivity index (χ1) is 9.03. The Morgan fingerprint density at radius 1 is 1.05 bits per heavy atom. The van der Waals surface area contributed by atoms with E-state index in [2.05, 4.69) is 0 Å². The van der Waals surface area contributed by atoms with Gasteiger partial charge in [0.2, 0.25) is 0 Å². The number of carboxylic acid groups (broad SMARTS) is 1. The van der Waals surface area contributed by atoms with E-state index < -0.39 is 21.1 Å². The molecule has 1 aliphatic rings. The number of hydrogen-bond donors (Lipinski definition) is 1. The molecule has 0 saturated heterocycles. The Labute approximate surface area is 113 Å². The van der Waals surface area contributed by atoms with Gasteiger partial charge in [0.25, 0.3) is 0 Å². The average Bonchev–Trinajstić information content (AvgIpc) is 2.68. The number of hydrogen-bond acceptors (Lipinski definition) is 3. The van der Waals surface area contributed by atoms with Crippen molar-refractivity contribution >= 4 is 15.8 Å². The third-order valence-electron chi connectivity index (χ3n) is 3.67. The number of carbonyl (C=O) groups is 1. The summed E-state index contributed by atoms with van der Waals surface area (Å²) in [5.74, 6) is -1.19. The van der Waals surface area contributed by atoms with Gasteiger partial charge in [0.1, 0.15) is 0 Å². The van der Waals surface area contributed by atoms with Gasteiger partial charge in [0, 0.05) is 0 Å². The summed E-state index contributed by atoms with van der Waals surface area (Å²) in [5, 5.41) is 8.68. The predicted molar refractivity (Wildman–Crippen MR) is 72.1 cm³/mol. The molecule has 0 aromatic heterocycles. The third-order valence-corrected chi connectivity index (χ3v) is 5.98. The van der Waals surface area contributed by atoms with E-state index in [4.69, 9.17) is 5.11 Å². The van der Waals surface area contributed by atoms with Gasteiger partial charge >= 0.3 is 5.97 Å². The highest BCUT2D eigenvalue weighted by atomic mass is 32.2. The molecule has 19 heavy (non-hydrogen) atoms. The van der Waals surface area contributed by atoms with Crippen LogP contribution in [0, 0.1) is 0 Å².